The molecular weight excluding hydrogens is 268 g/mol. The largest absolute Gasteiger partial charge is 0.497 e. The number of pyridine rings is 1. The normalized spacial score (nSPS) is 10.2. The quantitative estimate of drug-likeness (QED) is 0.887. The molecule has 0 unspecified atom stereocenters. The minimum Gasteiger partial charge on any atom is -0.497 e. The van der Waals surface area contributed by atoms with Crippen molar-refractivity contribution in [1.82, 2.24) is 4.57 Å². The Morgan fingerprint density at radius 3 is 2.62 bits per heavy atom. The first-order chi connectivity index (χ1) is 10.2. The Bertz CT molecular complexity index is 665. The second kappa shape index (κ2) is 6.83. The van der Waals surface area contributed by atoms with Crippen LogP contribution < -0.4 is 20.3 Å². The van der Waals surface area contributed by atoms with Gasteiger partial charge in [0.05, 0.1) is 19.9 Å². The lowest BCUT2D eigenvalue weighted by atomic mass is 10.2. The molecule has 2 rings (SSSR count). The van der Waals surface area contributed by atoms with Crippen LogP contribution in [0.4, 0.5) is 5.69 Å². The van der Waals surface area contributed by atoms with Crippen LogP contribution in [0.2, 0.25) is 0 Å². The van der Waals surface area contributed by atoms with E-state index in [9.17, 15) is 4.79 Å². The number of aromatic nitrogens is 1. The first-order valence-corrected chi connectivity index (χ1v) is 6.83. The van der Waals surface area contributed by atoms with E-state index in [0.717, 1.165) is 22.7 Å². The van der Waals surface area contributed by atoms with Gasteiger partial charge in [0.2, 0.25) is 0 Å². The molecule has 2 aromatic rings. The predicted molar refractivity (Wildman–Crippen MR) is 83.2 cm³/mol. The Labute approximate surface area is 124 Å². The number of anilines is 1. The molecule has 112 valence electrons. The van der Waals surface area contributed by atoms with Crippen LogP contribution in [-0.2, 0) is 13.1 Å². The lowest BCUT2D eigenvalue weighted by Gasteiger charge is -2.13. The SMILES string of the molecule is CCn1cc(NCc2ccc(OC)cc2OC)ccc1=O. The van der Waals surface area contributed by atoms with Crippen LogP contribution in [0.5, 0.6) is 11.5 Å². The third kappa shape index (κ3) is 3.56. The molecule has 0 fully saturated rings. The van der Waals surface area contributed by atoms with Crippen molar-refractivity contribution in [2.75, 3.05) is 19.5 Å². The van der Waals surface area contributed by atoms with Crippen molar-refractivity contribution in [2.24, 2.45) is 0 Å². The number of methoxy groups -OCH3 is 2. The Morgan fingerprint density at radius 2 is 1.95 bits per heavy atom. The predicted octanol–water partition coefficient (Wildman–Crippen LogP) is 2.50. The fourth-order valence-corrected chi connectivity index (χ4v) is 2.08. The first kappa shape index (κ1) is 15.0. The van der Waals surface area contributed by atoms with Crippen LogP contribution in [0, 0.1) is 0 Å². The number of ether oxygens (including phenoxy) is 2. The molecule has 0 aliphatic rings. The fourth-order valence-electron chi connectivity index (χ4n) is 2.08. The van der Waals surface area contributed by atoms with Gasteiger partial charge in [-0.25, -0.2) is 0 Å². The Hall–Kier alpha value is -2.43. The van der Waals surface area contributed by atoms with Crippen molar-refractivity contribution in [2.45, 2.75) is 20.0 Å². The van der Waals surface area contributed by atoms with Gasteiger partial charge < -0.3 is 19.4 Å². The van der Waals surface area contributed by atoms with Crippen LogP contribution in [0.1, 0.15) is 12.5 Å². The lowest BCUT2D eigenvalue weighted by Crippen LogP contribution is -2.17. The van der Waals surface area contributed by atoms with Gasteiger partial charge in [0.25, 0.3) is 5.56 Å². The number of nitrogens with one attached hydrogen (secondary N) is 1. The molecule has 0 saturated carbocycles. The fraction of sp³-hybridized carbons (Fsp3) is 0.312. The van der Waals surface area contributed by atoms with E-state index >= 15 is 0 Å². The average molecular weight is 288 g/mol. The Kier molecular flexibility index (Phi) is 4.87. The van der Waals surface area contributed by atoms with Crippen molar-refractivity contribution in [3.05, 3.63) is 52.4 Å². The molecule has 0 bridgehead atoms. The molecule has 5 nitrogen and oxygen atoms in total. The highest BCUT2D eigenvalue weighted by atomic mass is 16.5. The highest BCUT2D eigenvalue weighted by molar-refractivity contribution is 5.45. The molecule has 0 aliphatic heterocycles. The van der Waals surface area contributed by atoms with Gasteiger partial charge in [-0.1, -0.05) is 0 Å². The summed E-state index contributed by atoms with van der Waals surface area (Å²) in [5.74, 6) is 1.53. The number of rotatable bonds is 6. The molecule has 0 aliphatic carbocycles. The second-order valence-electron chi connectivity index (χ2n) is 4.57. The van der Waals surface area contributed by atoms with Crippen LogP contribution >= 0.6 is 0 Å². The number of nitrogens with zero attached hydrogens (tertiary/aromatic N) is 1. The van der Waals surface area contributed by atoms with Crippen molar-refractivity contribution in [1.29, 1.82) is 0 Å². The highest BCUT2D eigenvalue weighted by Gasteiger charge is 2.05. The third-order valence-corrected chi connectivity index (χ3v) is 3.30. The van der Waals surface area contributed by atoms with Gasteiger partial charge in [0.1, 0.15) is 11.5 Å². The third-order valence-electron chi connectivity index (χ3n) is 3.30. The summed E-state index contributed by atoms with van der Waals surface area (Å²) in [4.78, 5) is 11.5. The number of aryl methyl sites for hydroxylation is 1. The lowest BCUT2D eigenvalue weighted by molar-refractivity contribution is 0.391. The summed E-state index contributed by atoms with van der Waals surface area (Å²) in [6.45, 7) is 3.20. The standard InChI is InChI=1S/C16H20N2O3/c1-4-18-11-13(6-8-16(18)19)17-10-12-5-7-14(20-2)9-15(12)21-3/h5-9,11,17H,4,10H2,1-3H3. The van der Waals surface area contributed by atoms with Gasteiger partial charge in [-0.3, -0.25) is 4.79 Å². The van der Waals surface area contributed by atoms with Crippen molar-refractivity contribution in [3.63, 3.8) is 0 Å². The van der Waals surface area contributed by atoms with Gasteiger partial charge in [-0.05, 0) is 25.1 Å². The van der Waals surface area contributed by atoms with Gasteiger partial charge in [-0.2, -0.15) is 0 Å². The average Bonchev–Trinajstić information content (AvgIpc) is 2.53. The van der Waals surface area contributed by atoms with E-state index in [1.54, 1.807) is 30.9 Å². The van der Waals surface area contributed by atoms with E-state index in [4.69, 9.17) is 9.47 Å². The van der Waals surface area contributed by atoms with Crippen molar-refractivity contribution >= 4 is 5.69 Å². The van der Waals surface area contributed by atoms with Gasteiger partial charge in [-0.15, -0.1) is 0 Å². The number of hydrogen-bond acceptors (Lipinski definition) is 4. The van der Waals surface area contributed by atoms with E-state index in [1.165, 1.54) is 0 Å². The maximum absolute atomic E-state index is 11.5. The van der Waals surface area contributed by atoms with E-state index in [-0.39, 0.29) is 5.56 Å². The number of hydrogen-bond donors (Lipinski definition) is 1. The molecule has 0 radical (unpaired) electrons. The summed E-state index contributed by atoms with van der Waals surface area (Å²) in [5.41, 5.74) is 1.92. The van der Waals surface area contributed by atoms with Gasteiger partial charge in [0, 0.05) is 37.0 Å². The van der Waals surface area contributed by atoms with Crippen LogP contribution in [-0.4, -0.2) is 18.8 Å². The smallest absolute Gasteiger partial charge is 0.250 e. The van der Waals surface area contributed by atoms with E-state index in [0.29, 0.717) is 13.1 Å². The first-order valence-electron chi connectivity index (χ1n) is 6.83. The van der Waals surface area contributed by atoms with Crippen molar-refractivity contribution in [3.8, 4) is 11.5 Å². The number of benzene rings is 1. The van der Waals surface area contributed by atoms with Gasteiger partial charge in [0.15, 0.2) is 0 Å². The van der Waals surface area contributed by atoms with E-state index in [1.807, 2.05) is 31.3 Å². The Morgan fingerprint density at radius 1 is 1.14 bits per heavy atom. The molecular formula is C16H20N2O3. The van der Waals surface area contributed by atoms with Crippen molar-refractivity contribution < 1.29 is 9.47 Å². The molecule has 5 heteroatoms. The second-order valence-corrected chi connectivity index (χ2v) is 4.57. The zero-order valence-electron chi connectivity index (χ0n) is 12.6. The maximum atomic E-state index is 11.5. The maximum Gasteiger partial charge on any atom is 0.250 e. The molecule has 21 heavy (non-hydrogen) atoms. The summed E-state index contributed by atoms with van der Waals surface area (Å²) in [7, 11) is 3.26. The zero-order valence-corrected chi connectivity index (χ0v) is 12.6. The van der Waals surface area contributed by atoms with E-state index in [2.05, 4.69) is 5.32 Å². The highest BCUT2D eigenvalue weighted by Crippen LogP contribution is 2.25. The molecule has 0 spiro atoms. The molecule has 1 heterocycles. The summed E-state index contributed by atoms with van der Waals surface area (Å²) < 4.78 is 12.2. The van der Waals surface area contributed by atoms with Gasteiger partial charge >= 0.3 is 0 Å². The van der Waals surface area contributed by atoms with E-state index < -0.39 is 0 Å². The van der Waals surface area contributed by atoms with Crippen LogP contribution in [0.3, 0.4) is 0 Å². The molecule has 1 aromatic heterocycles. The minimum absolute atomic E-state index is 0.00470. The Balaban J connectivity index is 2.14. The molecule has 0 atom stereocenters. The minimum atomic E-state index is 0.00470. The summed E-state index contributed by atoms with van der Waals surface area (Å²) in [6.07, 6.45) is 1.82. The summed E-state index contributed by atoms with van der Waals surface area (Å²) in [5, 5.41) is 3.29. The summed E-state index contributed by atoms with van der Waals surface area (Å²) >= 11 is 0. The molecule has 1 aromatic carbocycles. The molecule has 0 saturated heterocycles. The molecule has 1 N–H and O–H groups in total. The zero-order chi connectivity index (χ0) is 15.2. The summed E-state index contributed by atoms with van der Waals surface area (Å²) in [6, 6.07) is 9.05. The van der Waals surface area contributed by atoms with Crippen LogP contribution in [0.15, 0.2) is 41.3 Å². The monoisotopic (exact) mass is 288 g/mol. The molecule has 0 amide bonds. The topological polar surface area (TPSA) is 52.5 Å². The van der Waals surface area contributed by atoms with Crippen LogP contribution in [0.25, 0.3) is 0 Å².